The van der Waals surface area contributed by atoms with E-state index in [4.69, 9.17) is 4.74 Å². The maximum atomic E-state index is 5.52. The predicted molar refractivity (Wildman–Crippen MR) is 66.7 cm³/mol. The van der Waals surface area contributed by atoms with E-state index in [0.717, 1.165) is 19.8 Å². The molecule has 1 aliphatic heterocycles. The number of hydrogen-bond donors (Lipinski definition) is 1. The van der Waals surface area contributed by atoms with Gasteiger partial charge < -0.3 is 15.0 Å². The number of rotatable bonds is 4. The Hall–Kier alpha value is -0.120. The molecule has 0 aromatic carbocycles. The van der Waals surface area contributed by atoms with E-state index in [-0.39, 0.29) is 0 Å². The third kappa shape index (κ3) is 3.19. The van der Waals surface area contributed by atoms with Crippen molar-refractivity contribution in [2.75, 3.05) is 46.4 Å². The summed E-state index contributed by atoms with van der Waals surface area (Å²) in [4.78, 5) is 2.62. The van der Waals surface area contributed by atoms with Crippen LogP contribution in [0.2, 0.25) is 0 Å². The van der Waals surface area contributed by atoms with Gasteiger partial charge in [-0.15, -0.1) is 0 Å². The minimum absolute atomic E-state index is 0.555. The van der Waals surface area contributed by atoms with Gasteiger partial charge in [0.1, 0.15) is 0 Å². The maximum Gasteiger partial charge on any atom is 0.0593 e. The van der Waals surface area contributed by atoms with E-state index in [0.29, 0.717) is 5.41 Å². The van der Waals surface area contributed by atoms with E-state index in [9.17, 15) is 0 Å². The van der Waals surface area contributed by atoms with Crippen molar-refractivity contribution in [3.05, 3.63) is 0 Å². The van der Waals surface area contributed by atoms with E-state index in [1.807, 2.05) is 0 Å². The largest absolute Gasteiger partial charge is 0.380 e. The van der Waals surface area contributed by atoms with Gasteiger partial charge in [-0.1, -0.05) is 12.8 Å². The topological polar surface area (TPSA) is 24.5 Å². The summed E-state index contributed by atoms with van der Waals surface area (Å²) in [5.41, 5.74) is 0.555. The van der Waals surface area contributed by atoms with Crippen molar-refractivity contribution in [2.24, 2.45) is 5.41 Å². The third-order valence-electron chi connectivity index (χ3n) is 4.09. The molecule has 0 bridgehead atoms. The Bertz CT molecular complexity index is 194. The summed E-state index contributed by atoms with van der Waals surface area (Å²) in [5.74, 6) is 0. The molecule has 0 aromatic heterocycles. The van der Waals surface area contributed by atoms with Gasteiger partial charge in [0.2, 0.25) is 0 Å². The fourth-order valence-electron chi connectivity index (χ4n) is 3.32. The van der Waals surface area contributed by atoms with E-state index in [2.05, 4.69) is 17.3 Å². The Morgan fingerprint density at radius 1 is 1.12 bits per heavy atom. The summed E-state index contributed by atoms with van der Waals surface area (Å²) in [6.45, 7) is 6.70. The lowest BCUT2D eigenvalue weighted by Crippen LogP contribution is -2.42. The van der Waals surface area contributed by atoms with Gasteiger partial charge in [0, 0.05) is 32.8 Å². The molecule has 1 N–H and O–H groups in total. The first-order valence-corrected chi connectivity index (χ1v) is 6.79. The molecule has 3 heteroatoms. The molecule has 1 saturated heterocycles. The fourth-order valence-corrected chi connectivity index (χ4v) is 3.32. The first-order chi connectivity index (χ1) is 7.85. The highest BCUT2D eigenvalue weighted by molar-refractivity contribution is 4.89. The quantitative estimate of drug-likeness (QED) is 0.786. The van der Waals surface area contributed by atoms with Crippen molar-refractivity contribution in [1.29, 1.82) is 0 Å². The average Bonchev–Trinajstić information content (AvgIpc) is 2.57. The standard InChI is InChI=1S/C13H26N2O/c1-14-11-13(5-2-3-6-13)12-15-7-4-9-16-10-8-15/h14H,2-12H2,1H3. The summed E-state index contributed by atoms with van der Waals surface area (Å²) in [5, 5.41) is 3.40. The van der Waals surface area contributed by atoms with Crippen molar-refractivity contribution in [2.45, 2.75) is 32.1 Å². The molecule has 1 heterocycles. The molecular formula is C13H26N2O. The second kappa shape index (κ2) is 5.99. The molecule has 94 valence electrons. The van der Waals surface area contributed by atoms with Crippen LogP contribution in [0.25, 0.3) is 0 Å². The van der Waals surface area contributed by atoms with Gasteiger partial charge in [0.15, 0.2) is 0 Å². The zero-order valence-electron chi connectivity index (χ0n) is 10.6. The van der Waals surface area contributed by atoms with E-state index < -0.39 is 0 Å². The maximum absolute atomic E-state index is 5.52. The van der Waals surface area contributed by atoms with Crippen LogP contribution in [0.4, 0.5) is 0 Å². The van der Waals surface area contributed by atoms with E-state index in [1.165, 1.54) is 51.7 Å². The summed E-state index contributed by atoms with van der Waals surface area (Å²) >= 11 is 0. The van der Waals surface area contributed by atoms with Gasteiger partial charge in [0.25, 0.3) is 0 Å². The SMILES string of the molecule is CNCC1(CN2CCCOCC2)CCCC1. The van der Waals surface area contributed by atoms with Crippen LogP contribution in [0.1, 0.15) is 32.1 Å². The van der Waals surface area contributed by atoms with E-state index >= 15 is 0 Å². The van der Waals surface area contributed by atoms with Crippen molar-refractivity contribution < 1.29 is 4.74 Å². The lowest BCUT2D eigenvalue weighted by atomic mass is 9.85. The molecule has 3 nitrogen and oxygen atoms in total. The summed E-state index contributed by atoms with van der Waals surface area (Å²) in [6, 6.07) is 0. The van der Waals surface area contributed by atoms with Gasteiger partial charge in [-0.2, -0.15) is 0 Å². The molecule has 0 radical (unpaired) electrons. The lowest BCUT2D eigenvalue weighted by molar-refractivity contribution is 0.122. The fraction of sp³-hybridized carbons (Fsp3) is 1.00. The normalized spacial score (nSPS) is 26.8. The summed E-state index contributed by atoms with van der Waals surface area (Å²) in [7, 11) is 2.09. The highest BCUT2D eigenvalue weighted by Crippen LogP contribution is 2.38. The molecule has 0 atom stereocenters. The van der Waals surface area contributed by atoms with Crippen LogP contribution in [0.5, 0.6) is 0 Å². The Kier molecular flexibility index (Phi) is 4.62. The highest BCUT2D eigenvalue weighted by atomic mass is 16.5. The number of nitrogens with zero attached hydrogens (tertiary/aromatic N) is 1. The van der Waals surface area contributed by atoms with Crippen LogP contribution >= 0.6 is 0 Å². The Balaban J connectivity index is 1.88. The number of ether oxygens (including phenoxy) is 1. The summed E-state index contributed by atoms with van der Waals surface area (Å²) < 4.78 is 5.52. The molecule has 16 heavy (non-hydrogen) atoms. The smallest absolute Gasteiger partial charge is 0.0593 e. The molecule has 1 aliphatic carbocycles. The van der Waals surface area contributed by atoms with Crippen molar-refractivity contribution >= 4 is 0 Å². The molecule has 0 spiro atoms. The lowest BCUT2D eigenvalue weighted by Gasteiger charge is -2.34. The Morgan fingerprint density at radius 2 is 1.94 bits per heavy atom. The van der Waals surface area contributed by atoms with Crippen LogP contribution in [0, 0.1) is 5.41 Å². The molecule has 0 amide bonds. The molecule has 0 unspecified atom stereocenters. The van der Waals surface area contributed by atoms with Gasteiger partial charge in [0.05, 0.1) is 6.61 Å². The van der Waals surface area contributed by atoms with Crippen LogP contribution in [0.15, 0.2) is 0 Å². The van der Waals surface area contributed by atoms with Gasteiger partial charge in [-0.05, 0) is 31.7 Å². The first kappa shape index (κ1) is 12.3. The molecule has 1 saturated carbocycles. The Morgan fingerprint density at radius 3 is 2.69 bits per heavy atom. The Labute approximate surface area is 99.5 Å². The highest BCUT2D eigenvalue weighted by Gasteiger charge is 2.34. The molecule has 2 aliphatic rings. The van der Waals surface area contributed by atoms with Crippen molar-refractivity contribution in [3.63, 3.8) is 0 Å². The molecule has 0 aromatic rings. The first-order valence-electron chi connectivity index (χ1n) is 6.79. The molecule has 2 rings (SSSR count). The van der Waals surface area contributed by atoms with Crippen molar-refractivity contribution in [1.82, 2.24) is 10.2 Å². The zero-order chi connectivity index (χ0) is 11.3. The van der Waals surface area contributed by atoms with Crippen molar-refractivity contribution in [3.8, 4) is 0 Å². The summed E-state index contributed by atoms with van der Waals surface area (Å²) in [6.07, 6.45) is 6.87. The van der Waals surface area contributed by atoms with Gasteiger partial charge in [-0.3, -0.25) is 0 Å². The van der Waals surface area contributed by atoms with E-state index in [1.54, 1.807) is 0 Å². The zero-order valence-corrected chi connectivity index (χ0v) is 10.6. The van der Waals surface area contributed by atoms with Crippen LogP contribution in [0.3, 0.4) is 0 Å². The number of nitrogens with one attached hydrogen (secondary N) is 1. The molecular weight excluding hydrogens is 200 g/mol. The van der Waals surface area contributed by atoms with Crippen LogP contribution in [-0.4, -0.2) is 51.3 Å². The second-order valence-electron chi connectivity index (χ2n) is 5.48. The van der Waals surface area contributed by atoms with Gasteiger partial charge >= 0.3 is 0 Å². The van der Waals surface area contributed by atoms with Crippen LogP contribution < -0.4 is 5.32 Å². The second-order valence-corrected chi connectivity index (χ2v) is 5.48. The predicted octanol–water partition coefficient (Wildman–Crippen LogP) is 1.49. The van der Waals surface area contributed by atoms with Gasteiger partial charge in [-0.25, -0.2) is 0 Å². The minimum atomic E-state index is 0.555. The third-order valence-corrected chi connectivity index (χ3v) is 4.09. The minimum Gasteiger partial charge on any atom is -0.380 e. The molecule has 2 fully saturated rings. The number of hydrogen-bond acceptors (Lipinski definition) is 3. The monoisotopic (exact) mass is 226 g/mol. The average molecular weight is 226 g/mol. The van der Waals surface area contributed by atoms with Crippen LogP contribution in [-0.2, 0) is 4.74 Å².